The van der Waals surface area contributed by atoms with Crippen LogP contribution in [0.15, 0.2) is 40.8 Å². The summed E-state index contributed by atoms with van der Waals surface area (Å²) in [4.78, 5) is 22.0. The molecule has 1 amide bonds. The number of nitrogens with zero attached hydrogens (tertiary/aromatic N) is 1. The van der Waals surface area contributed by atoms with Gasteiger partial charge in [-0.2, -0.15) is 0 Å². The van der Waals surface area contributed by atoms with E-state index in [9.17, 15) is 14.9 Å². The summed E-state index contributed by atoms with van der Waals surface area (Å²) in [7, 11) is 1.58. The number of amides is 1. The molecule has 0 radical (unpaired) electrons. The van der Waals surface area contributed by atoms with E-state index in [0.717, 1.165) is 17.4 Å². The maximum absolute atomic E-state index is 12.1. The Hall–Kier alpha value is -2.83. The topological polar surface area (TPSA) is 94.6 Å². The summed E-state index contributed by atoms with van der Waals surface area (Å²) < 4.78 is 9.99. The zero-order chi connectivity index (χ0) is 16.1. The molecule has 1 heterocycles. The number of carbonyl (C=O) groups excluding carboxylic acids is 1. The standard InChI is InChI=1S/C15H16N2O5/c1-3-12(10-4-6-11(21-2)7-5-10)16-15(18)13-8-9-14(22-13)17(19)20/h4-9,12H,3H2,1-2H3,(H,16,18). The molecule has 2 aromatic rings. The summed E-state index contributed by atoms with van der Waals surface area (Å²) in [5.41, 5.74) is 0.915. The van der Waals surface area contributed by atoms with E-state index in [1.165, 1.54) is 6.07 Å². The number of ether oxygens (including phenoxy) is 1. The van der Waals surface area contributed by atoms with Crippen LogP contribution >= 0.6 is 0 Å². The minimum absolute atomic E-state index is 0.0846. The molecule has 1 aromatic carbocycles. The molecule has 1 atom stereocenters. The predicted molar refractivity (Wildman–Crippen MR) is 78.9 cm³/mol. The van der Waals surface area contributed by atoms with Gasteiger partial charge in [0.05, 0.1) is 19.2 Å². The molecule has 7 nitrogen and oxygen atoms in total. The van der Waals surface area contributed by atoms with Crippen molar-refractivity contribution in [1.29, 1.82) is 0 Å². The van der Waals surface area contributed by atoms with Crippen molar-refractivity contribution in [2.45, 2.75) is 19.4 Å². The van der Waals surface area contributed by atoms with Crippen molar-refractivity contribution in [3.63, 3.8) is 0 Å². The van der Waals surface area contributed by atoms with E-state index in [-0.39, 0.29) is 11.8 Å². The number of nitro groups is 1. The number of hydrogen-bond acceptors (Lipinski definition) is 5. The van der Waals surface area contributed by atoms with Crippen molar-refractivity contribution in [3.8, 4) is 5.75 Å². The molecule has 0 aliphatic rings. The summed E-state index contributed by atoms with van der Waals surface area (Å²) in [6.45, 7) is 1.93. The van der Waals surface area contributed by atoms with Gasteiger partial charge in [-0.25, -0.2) is 0 Å². The van der Waals surface area contributed by atoms with E-state index in [1.54, 1.807) is 7.11 Å². The summed E-state index contributed by atoms with van der Waals surface area (Å²) in [6.07, 6.45) is 0.668. The molecule has 7 heteroatoms. The van der Waals surface area contributed by atoms with Gasteiger partial charge in [0.25, 0.3) is 5.91 Å². The van der Waals surface area contributed by atoms with Gasteiger partial charge in [-0.15, -0.1) is 0 Å². The van der Waals surface area contributed by atoms with Crippen molar-refractivity contribution in [1.82, 2.24) is 5.32 Å². The van der Waals surface area contributed by atoms with E-state index in [1.807, 2.05) is 31.2 Å². The van der Waals surface area contributed by atoms with Gasteiger partial charge in [-0.1, -0.05) is 19.1 Å². The fourth-order valence-corrected chi connectivity index (χ4v) is 2.03. The first kappa shape index (κ1) is 15.6. The number of nitrogens with one attached hydrogen (secondary N) is 1. The summed E-state index contributed by atoms with van der Waals surface area (Å²) in [5.74, 6) is -0.302. The van der Waals surface area contributed by atoms with Crippen LogP contribution in [0.1, 0.15) is 35.5 Å². The highest BCUT2D eigenvalue weighted by Crippen LogP contribution is 2.21. The van der Waals surface area contributed by atoms with Crippen molar-refractivity contribution >= 4 is 11.8 Å². The Kier molecular flexibility index (Phi) is 4.77. The second kappa shape index (κ2) is 6.75. The lowest BCUT2D eigenvalue weighted by atomic mass is 10.0. The number of benzene rings is 1. The first-order valence-electron chi connectivity index (χ1n) is 6.74. The fraction of sp³-hybridized carbons (Fsp3) is 0.267. The van der Waals surface area contributed by atoms with E-state index < -0.39 is 16.7 Å². The predicted octanol–water partition coefficient (Wildman–Crippen LogP) is 3.08. The first-order chi connectivity index (χ1) is 10.5. The third-order valence-electron chi connectivity index (χ3n) is 3.23. The third kappa shape index (κ3) is 3.43. The monoisotopic (exact) mass is 304 g/mol. The van der Waals surface area contributed by atoms with Crippen LogP contribution in [0.4, 0.5) is 5.88 Å². The Morgan fingerprint density at radius 3 is 2.50 bits per heavy atom. The molecular weight excluding hydrogens is 288 g/mol. The molecule has 1 unspecified atom stereocenters. The molecule has 0 aliphatic carbocycles. The summed E-state index contributed by atoms with van der Waals surface area (Å²) in [5, 5.41) is 13.4. The van der Waals surface area contributed by atoms with Crippen molar-refractivity contribution in [2.75, 3.05) is 7.11 Å². The van der Waals surface area contributed by atoms with Crippen LogP contribution in [0.25, 0.3) is 0 Å². The molecule has 2 rings (SSSR count). The lowest BCUT2D eigenvalue weighted by Crippen LogP contribution is -2.27. The highest BCUT2D eigenvalue weighted by atomic mass is 16.6. The highest BCUT2D eigenvalue weighted by Gasteiger charge is 2.20. The van der Waals surface area contributed by atoms with Gasteiger partial charge >= 0.3 is 5.88 Å². The van der Waals surface area contributed by atoms with Crippen LogP contribution in [-0.4, -0.2) is 17.9 Å². The average molecular weight is 304 g/mol. The summed E-state index contributed by atoms with van der Waals surface area (Å²) >= 11 is 0. The maximum Gasteiger partial charge on any atom is 0.433 e. The SMILES string of the molecule is CCC(NC(=O)c1ccc([N+](=O)[O-])o1)c1ccc(OC)cc1. The zero-order valence-electron chi connectivity index (χ0n) is 12.2. The quantitative estimate of drug-likeness (QED) is 0.653. The second-order valence-electron chi connectivity index (χ2n) is 4.60. The number of furan rings is 1. The number of hydrogen-bond donors (Lipinski definition) is 1. The Labute approximate surface area is 127 Å². The summed E-state index contributed by atoms with van der Waals surface area (Å²) in [6, 6.07) is 9.55. The van der Waals surface area contributed by atoms with Crippen molar-refractivity contribution < 1.29 is 18.9 Å². The number of carbonyl (C=O) groups is 1. The largest absolute Gasteiger partial charge is 0.497 e. The minimum atomic E-state index is -0.683. The van der Waals surface area contributed by atoms with E-state index in [2.05, 4.69) is 5.32 Å². The molecule has 0 saturated carbocycles. The maximum atomic E-state index is 12.1. The van der Waals surface area contributed by atoms with Crippen LogP contribution in [0.2, 0.25) is 0 Å². The average Bonchev–Trinajstić information content (AvgIpc) is 3.03. The minimum Gasteiger partial charge on any atom is -0.497 e. The molecule has 0 fully saturated rings. The zero-order valence-corrected chi connectivity index (χ0v) is 12.2. The highest BCUT2D eigenvalue weighted by molar-refractivity contribution is 5.92. The van der Waals surface area contributed by atoms with Gasteiger partial charge in [0.1, 0.15) is 10.7 Å². The normalized spacial score (nSPS) is 11.7. The van der Waals surface area contributed by atoms with Crippen LogP contribution in [0, 0.1) is 10.1 Å². The number of methoxy groups -OCH3 is 1. The van der Waals surface area contributed by atoms with Crippen molar-refractivity contribution in [3.05, 3.63) is 57.8 Å². The van der Waals surface area contributed by atoms with Crippen LogP contribution < -0.4 is 10.1 Å². The van der Waals surface area contributed by atoms with Gasteiger partial charge in [0, 0.05) is 0 Å². The van der Waals surface area contributed by atoms with Crippen LogP contribution in [0.3, 0.4) is 0 Å². The molecule has 116 valence electrons. The Bertz CT molecular complexity index is 663. The second-order valence-corrected chi connectivity index (χ2v) is 4.60. The lowest BCUT2D eigenvalue weighted by Gasteiger charge is -2.17. The van der Waals surface area contributed by atoms with Gasteiger partial charge in [0.15, 0.2) is 5.76 Å². The molecule has 0 saturated heterocycles. The van der Waals surface area contributed by atoms with Crippen LogP contribution in [0.5, 0.6) is 5.75 Å². The fourth-order valence-electron chi connectivity index (χ4n) is 2.03. The van der Waals surface area contributed by atoms with E-state index in [0.29, 0.717) is 6.42 Å². The smallest absolute Gasteiger partial charge is 0.433 e. The molecule has 1 N–H and O–H groups in total. The van der Waals surface area contributed by atoms with Gasteiger partial charge in [-0.05, 0) is 30.2 Å². The Balaban J connectivity index is 2.10. The van der Waals surface area contributed by atoms with E-state index >= 15 is 0 Å². The van der Waals surface area contributed by atoms with Gasteiger partial charge in [-0.3, -0.25) is 14.9 Å². The molecule has 0 spiro atoms. The lowest BCUT2D eigenvalue weighted by molar-refractivity contribution is -0.402. The molecule has 22 heavy (non-hydrogen) atoms. The Morgan fingerprint density at radius 1 is 1.32 bits per heavy atom. The molecule has 0 aliphatic heterocycles. The number of rotatable bonds is 6. The third-order valence-corrected chi connectivity index (χ3v) is 3.23. The Morgan fingerprint density at radius 2 is 2.00 bits per heavy atom. The first-order valence-corrected chi connectivity index (χ1v) is 6.74. The molecule has 0 bridgehead atoms. The van der Waals surface area contributed by atoms with Crippen LogP contribution in [-0.2, 0) is 0 Å². The van der Waals surface area contributed by atoms with Gasteiger partial charge in [0.2, 0.25) is 0 Å². The van der Waals surface area contributed by atoms with E-state index in [4.69, 9.17) is 9.15 Å². The van der Waals surface area contributed by atoms with Crippen molar-refractivity contribution in [2.24, 2.45) is 0 Å². The molecule has 1 aromatic heterocycles. The van der Waals surface area contributed by atoms with Gasteiger partial charge < -0.3 is 14.5 Å². The molecular formula is C15H16N2O5.